The predicted octanol–water partition coefficient (Wildman–Crippen LogP) is 8.38. The van der Waals surface area contributed by atoms with Gasteiger partial charge in [0.1, 0.15) is 23.1 Å². The Morgan fingerprint density at radius 3 is 2.35 bits per heavy atom. The summed E-state index contributed by atoms with van der Waals surface area (Å²) in [5, 5.41) is 0.294. The van der Waals surface area contributed by atoms with Gasteiger partial charge in [0, 0.05) is 41.2 Å². The third-order valence-electron chi connectivity index (χ3n) is 7.80. The predicted molar refractivity (Wildman–Crippen MR) is 170 cm³/mol. The van der Waals surface area contributed by atoms with Gasteiger partial charge in [-0.15, -0.1) is 13.2 Å². The minimum atomic E-state index is -4.85. The summed E-state index contributed by atoms with van der Waals surface area (Å²) in [6.07, 6.45) is -2.14. The first kappa shape index (κ1) is 35.0. The average Bonchev–Trinajstić information content (AvgIpc) is 3.05. The third kappa shape index (κ3) is 8.56. The number of ether oxygens (including phenoxy) is 2. The summed E-state index contributed by atoms with van der Waals surface area (Å²) in [4.78, 5) is 14.8. The van der Waals surface area contributed by atoms with Gasteiger partial charge in [0.15, 0.2) is 0 Å². The third-order valence-corrected chi connectivity index (χ3v) is 9.82. The molecule has 0 spiro atoms. The van der Waals surface area contributed by atoms with E-state index in [2.05, 4.69) is 4.74 Å². The van der Waals surface area contributed by atoms with E-state index in [1.165, 1.54) is 36.4 Å². The number of rotatable bonds is 11. The molecular weight excluding hydrogens is 679 g/mol. The van der Waals surface area contributed by atoms with Crippen LogP contribution in [0.3, 0.4) is 0 Å². The number of anilines is 1. The minimum Gasteiger partial charge on any atom is -0.493 e. The van der Waals surface area contributed by atoms with Crippen LogP contribution in [0.1, 0.15) is 41.6 Å². The molecule has 14 heteroatoms. The van der Waals surface area contributed by atoms with Crippen LogP contribution in [0, 0.1) is 11.6 Å². The number of halogens is 6. The first-order chi connectivity index (χ1) is 22.8. The number of alkyl halides is 3. The highest BCUT2D eigenvalue weighted by atomic mass is 35.5. The standard InChI is InChI=1S/C34H30ClF5N2O5S/c35-25-10-15-29(16-11-25)48(44,45)42(31-21-26(36)12-17-30(31)37)22-24-5-1-2-7-32(24)46-20-18-27-6-3-4-19-41(27)33(43)23-8-13-28(14-9-23)47-34(38,39)40/h1-2,5,7-17,21,27H,3-4,6,18-20,22H2. The number of sulfonamides is 1. The normalized spacial score (nSPS) is 15.2. The van der Waals surface area contributed by atoms with Gasteiger partial charge in [-0.25, -0.2) is 17.2 Å². The van der Waals surface area contributed by atoms with Crippen LogP contribution in [0.4, 0.5) is 27.6 Å². The molecule has 48 heavy (non-hydrogen) atoms. The van der Waals surface area contributed by atoms with E-state index in [1.54, 1.807) is 29.2 Å². The fourth-order valence-corrected chi connectivity index (χ4v) is 7.05. The zero-order valence-electron chi connectivity index (χ0n) is 25.3. The molecule has 254 valence electrons. The Kier molecular flexibility index (Phi) is 10.8. The van der Waals surface area contributed by atoms with Crippen LogP contribution in [-0.4, -0.2) is 44.8 Å². The van der Waals surface area contributed by atoms with Crippen LogP contribution >= 0.6 is 11.6 Å². The van der Waals surface area contributed by atoms with Gasteiger partial charge in [-0.1, -0.05) is 29.8 Å². The fourth-order valence-electron chi connectivity index (χ4n) is 5.48. The van der Waals surface area contributed by atoms with E-state index in [0.717, 1.165) is 47.5 Å². The molecule has 1 saturated heterocycles. The van der Waals surface area contributed by atoms with Gasteiger partial charge in [-0.05, 0) is 86.0 Å². The van der Waals surface area contributed by atoms with Crippen LogP contribution < -0.4 is 13.8 Å². The van der Waals surface area contributed by atoms with Crippen molar-refractivity contribution in [3.8, 4) is 11.5 Å². The monoisotopic (exact) mass is 708 g/mol. The molecule has 1 amide bonds. The van der Waals surface area contributed by atoms with Crippen LogP contribution in [0.25, 0.3) is 0 Å². The molecule has 0 radical (unpaired) electrons. The van der Waals surface area contributed by atoms with Crippen molar-refractivity contribution in [3.05, 3.63) is 119 Å². The van der Waals surface area contributed by atoms with Gasteiger partial charge in [-0.2, -0.15) is 0 Å². The van der Waals surface area contributed by atoms with Crippen molar-refractivity contribution in [2.75, 3.05) is 17.5 Å². The number of hydrogen-bond donors (Lipinski definition) is 0. The van der Waals surface area contributed by atoms with Crippen molar-refractivity contribution < 1.29 is 44.6 Å². The number of hydrogen-bond acceptors (Lipinski definition) is 5. The topological polar surface area (TPSA) is 76.2 Å². The number of piperidine rings is 1. The summed E-state index contributed by atoms with van der Waals surface area (Å²) in [5.41, 5.74) is 0.0970. The molecule has 0 bridgehead atoms. The number of likely N-dealkylation sites (tertiary alicyclic amines) is 1. The van der Waals surface area contributed by atoms with E-state index in [0.29, 0.717) is 35.7 Å². The van der Waals surface area contributed by atoms with E-state index in [4.69, 9.17) is 16.3 Å². The van der Waals surface area contributed by atoms with E-state index >= 15 is 4.39 Å². The van der Waals surface area contributed by atoms with Crippen molar-refractivity contribution in [2.45, 2.75) is 49.5 Å². The van der Waals surface area contributed by atoms with Gasteiger partial charge >= 0.3 is 6.36 Å². The van der Waals surface area contributed by atoms with Crippen molar-refractivity contribution in [1.29, 1.82) is 0 Å². The zero-order valence-corrected chi connectivity index (χ0v) is 26.9. The number of carbonyl (C=O) groups excluding carboxylic acids is 1. The molecule has 5 rings (SSSR count). The van der Waals surface area contributed by atoms with E-state index in [1.807, 2.05) is 0 Å². The molecule has 0 N–H and O–H groups in total. The van der Waals surface area contributed by atoms with Crippen molar-refractivity contribution in [3.63, 3.8) is 0 Å². The highest BCUT2D eigenvalue weighted by molar-refractivity contribution is 7.92. The summed E-state index contributed by atoms with van der Waals surface area (Å²) in [7, 11) is -4.41. The summed E-state index contributed by atoms with van der Waals surface area (Å²) in [5.74, 6) is -2.24. The van der Waals surface area contributed by atoms with Crippen molar-refractivity contribution in [2.24, 2.45) is 0 Å². The first-order valence-corrected chi connectivity index (χ1v) is 16.7. The maximum Gasteiger partial charge on any atom is 0.573 e. The lowest BCUT2D eigenvalue weighted by Crippen LogP contribution is -2.44. The largest absolute Gasteiger partial charge is 0.573 e. The average molecular weight is 709 g/mol. The lowest BCUT2D eigenvalue weighted by Gasteiger charge is -2.36. The number of carbonyl (C=O) groups is 1. The quantitative estimate of drug-likeness (QED) is 0.146. The Morgan fingerprint density at radius 2 is 1.65 bits per heavy atom. The number of nitrogens with zero attached hydrogens (tertiary/aromatic N) is 2. The second kappa shape index (κ2) is 14.8. The molecule has 1 aliphatic rings. The molecule has 1 fully saturated rings. The van der Waals surface area contributed by atoms with Gasteiger partial charge < -0.3 is 14.4 Å². The molecule has 4 aromatic rings. The summed E-state index contributed by atoms with van der Waals surface area (Å²) >= 11 is 5.95. The Balaban J connectivity index is 1.32. The van der Waals surface area contributed by atoms with Crippen molar-refractivity contribution in [1.82, 2.24) is 4.90 Å². The second-order valence-corrected chi connectivity index (χ2v) is 13.3. The number of benzene rings is 4. The summed E-state index contributed by atoms with van der Waals surface area (Å²) in [6.45, 7) is 0.184. The maximum absolute atomic E-state index is 15.0. The second-order valence-electron chi connectivity index (χ2n) is 11.0. The zero-order chi connectivity index (χ0) is 34.5. The van der Waals surface area contributed by atoms with Crippen molar-refractivity contribution >= 4 is 33.2 Å². The van der Waals surface area contributed by atoms with Gasteiger partial charge in [-0.3, -0.25) is 9.10 Å². The van der Waals surface area contributed by atoms with Crippen LogP contribution in [0.2, 0.25) is 5.02 Å². The van der Waals surface area contributed by atoms with Crippen LogP contribution in [-0.2, 0) is 16.6 Å². The Hall–Kier alpha value is -4.36. The molecule has 1 unspecified atom stereocenters. The van der Waals surface area contributed by atoms with E-state index < -0.39 is 46.0 Å². The Morgan fingerprint density at radius 1 is 0.938 bits per heavy atom. The smallest absolute Gasteiger partial charge is 0.493 e. The van der Waals surface area contributed by atoms with E-state index in [-0.39, 0.29) is 29.0 Å². The lowest BCUT2D eigenvalue weighted by atomic mass is 9.98. The maximum atomic E-state index is 15.0. The number of para-hydroxylation sites is 1. The van der Waals surface area contributed by atoms with Gasteiger partial charge in [0.2, 0.25) is 0 Å². The molecule has 1 atom stereocenters. The molecular formula is C34H30ClF5N2O5S. The summed E-state index contributed by atoms with van der Waals surface area (Å²) < 4.78 is 105. The highest BCUT2D eigenvalue weighted by Crippen LogP contribution is 2.32. The van der Waals surface area contributed by atoms with Crippen LogP contribution in [0.5, 0.6) is 11.5 Å². The first-order valence-electron chi connectivity index (χ1n) is 14.9. The molecule has 0 aromatic heterocycles. The highest BCUT2D eigenvalue weighted by Gasteiger charge is 2.32. The molecule has 7 nitrogen and oxygen atoms in total. The molecule has 4 aromatic carbocycles. The molecule has 1 aliphatic heterocycles. The molecule has 0 saturated carbocycles. The fraction of sp³-hybridized carbons (Fsp3) is 0.265. The van der Waals surface area contributed by atoms with Crippen LogP contribution in [0.15, 0.2) is 95.9 Å². The minimum absolute atomic E-state index is 0.127. The van der Waals surface area contributed by atoms with Gasteiger partial charge in [0.05, 0.1) is 23.7 Å². The lowest BCUT2D eigenvalue weighted by molar-refractivity contribution is -0.274. The Labute approximate surface area is 279 Å². The molecule has 0 aliphatic carbocycles. The van der Waals surface area contributed by atoms with E-state index in [9.17, 15) is 30.8 Å². The number of amides is 1. The SMILES string of the molecule is O=C(c1ccc(OC(F)(F)F)cc1)N1CCCCC1CCOc1ccccc1CN(c1cc(F)ccc1F)S(=O)(=O)c1ccc(Cl)cc1. The van der Waals surface area contributed by atoms with Gasteiger partial charge in [0.25, 0.3) is 15.9 Å². The molecule has 1 heterocycles. The Bertz CT molecular complexity index is 1840. The summed E-state index contributed by atoms with van der Waals surface area (Å²) in [6, 6.07) is 18.9.